The van der Waals surface area contributed by atoms with Gasteiger partial charge in [-0.1, -0.05) is 23.8 Å². The predicted octanol–water partition coefficient (Wildman–Crippen LogP) is 3.54. The van der Waals surface area contributed by atoms with E-state index in [0.29, 0.717) is 24.0 Å². The summed E-state index contributed by atoms with van der Waals surface area (Å²) in [6.45, 7) is 7.62. The van der Waals surface area contributed by atoms with Crippen molar-refractivity contribution < 1.29 is 24.5 Å². The Hall–Kier alpha value is -3.31. The van der Waals surface area contributed by atoms with Crippen molar-refractivity contribution in [3.8, 4) is 0 Å². The van der Waals surface area contributed by atoms with Crippen LogP contribution in [0.2, 0.25) is 0 Å². The molecule has 2 heterocycles. The molecule has 0 spiro atoms. The number of aryl methyl sites for hydroxylation is 1. The average molecular weight is 564 g/mol. The molecule has 1 aliphatic carbocycles. The van der Waals surface area contributed by atoms with Crippen molar-refractivity contribution in [2.45, 2.75) is 45.2 Å². The number of carboxylic acids is 1. The summed E-state index contributed by atoms with van der Waals surface area (Å²) in [6, 6.07) is 14.2. The number of carboxylic acid groups (broad SMARTS) is 1. The molecule has 0 atom stereocenters. The number of carbonyl (C=O) groups is 2. The molecule has 220 valence electrons. The van der Waals surface area contributed by atoms with Gasteiger partial charge >= 0.3 is 5.97 Å². The van der Waals surface area contributed by atoms with E-state index in [9.17, 15) is 14.7 Å². The minimum atomic E-state index is -0.938. The van der Waals surface area contributed by atoms with Gasteiger partial charge in [-0.3, -0.25) is 19.9 Å². The molecule has 1 aliphatic heterocycles. The third-order valence-electron chi connectivity index (χ3n) is 8.35. The molecule has 41 heavy (non-hydrogen) atoms. The van der Waals surface area contributed by atoms with Crippen LogP contribution in [-0.2, 0) is 16.1 Å². The standard InChI is InChI=1S/C31H41N5O5/c1-22-3-2-4-25(17-22)30(40)33-31-32-27-18-24(7-10-28(27)36(31)26-8-5-23(20-37)6-9-26)19-35-13-11-34(12-14-35)15-16-41-21-29(38)39/h2-4,7,10,17-18,23,26,37H,5-6,8-9,11-16,19-21H2,1H3,(H,38,39)(H,32,33,40). The fourth-order valence-electron chi connectivity index (χ4n) is 6.03. The lowest BCUT2D eigenvalue weighted by Gasteiger charge is -2.34. The second-order valence-electron chi connectivity index (χ2n) is 11.4. The Labute approximate surface area is 240 Å². The number of aliphatic hydroxyl groups excluding tert-OH is 1. The summed E-state index contributed by atoms with van der Waals surface area (Å²) in [4.78, 5) is 33.5. The highest BCUT2D eigenvalue weighted by atomic mass is 16.5. The Kier molecular flexibility index (Phi) is 9.66. The van der Waals surface area contributed by atoms with Gasteiger partial charge in [0.1, 0.15) is 6.61 Å². The van der Waals surface area contributed by atoms with E-state index >= 15 is 0 Å². The molecule has 10 nitrogen and oxygen atoms in total. The van der Waals surface area contributed by atoms with Gasteiger partial charge in [-0.05, 0) is 68.4 Å². The first-order valence-electron chi connectivity index (χ1n) is 14.6. The number of aromatic nitrogens is 2. The minimum Gasteiger partial charge on any atom is -0.480 e. The topological polar surface area (TPSA) is 120 Å². The molecule has 1 saturated heterocycles. The minimum absolute atomic E-state index is 0.166. The second-order valence-corrected chi connectivity index (χ2v) is 11.4. The van der Waals surface area contributed by atoms with Gasteiger partial charge in [0, 0.05) is 57.5 Å². The predicted molar refractivity (Wildman–Crippen MR) is 157 cm³/mol. The highest BCUT2D eigenvalue weighted by molar-refractivity contribution is 6.04. The first-order chi connectivity index (χ1) is 19.9. The summed E-state index contributed by atoms with van der Waals surface area (Å²) in [5, 5.41) is 21.5. The lowest BCUT2D eigenvalue weighted by Crippen LogP contribution is -2.46. The first-order valence-corrected chi connectivity index (χ1v) is 14.6. The lowest BCUT2D eigenvalue weighted by atomic mass is 9.86. The Balaban J connectivity index is 1.29. The third-order valence-corrected chi connectivity index (χ3v) is 8.35. The van der Waals surface area contributed by atoms with Gasteiger partial charge < -0.3 is 19.5 Å². The van der Waals surface area contributed by atoms with E-state index in [1.165, 1.54) is 5.56 Å². The van der Waals surface area contributed by atoms with Crippen LogP contribution in [0.15, 0.2) is 42.5 Å². The monoisotopic (exact) mass is 563 g/mol. The highest BCUT2D eigenvalue weighted by Crippen LogP contribution is 2.37. The molecule has 1 saturated carbocycles. The number of aliphatic hydroxyl groups is 1. The molecular formula is C31H41N5O5. The number of anilines is 1. The highest BCUT2D eigenvalue weighted by Gasteiger charge is 2.27. The van der Waals surface area contributed by atoms with E-state index in [1.807, 2.05) is 31.2 Å². The summed E-state index contributed by atoms with van der Waals surface area (Å²) < 4.78 is 7.38. The molecule has 0 radical (unpaired) electrons. The van der Waals surface area contributed by atoms with Crippen molar-refractivity contribution in [3.63, 3.8) is 0 Å². The maximum absolute atomic E-state index is 13.2. The normalized spacial score (nSPS) is 20.3. The molecular weight excluding hydrogens is 522 g/mol. The van der Waals surface area contributed by atoms with Crippen molar-refractivity contribution in [1.29, 1.82) is 0 Å². The zero-order chi connectivity index (χ0) is 28.8. The molecule has 1 aromatic heterocycles. The van der Waals surface area contributed by atoms with Gasteiger partial charge in [-0.25, -0.2) is 9.78 Å². The van der Waals surface area contributed by atoms with Crippen LogP contribution < -0.4 is 5.32 Å². The van der Waals surface area contributed by atoms with Crippen LogP contribution >= 0.6 is 0 Å². The van der Waals surface area contributed by atoms with Gasteiger partial charge in [0.15, 0.2) is 0 Å². The van der Waals surface area contributed by atoms with Crippen LogP contribution in [0.5, 0.6) is 0 Å². The van der Waals surface area contributed by atoms with Crippen LogP contribution in [0.25, 0.3) is 11.0 Å². The fraction of sp³-hybridized carbons (Fsp3) is 0.516. The lowest BCUT2D eigenvalue weighted by molar-refractivity contribution is -0.142. The molecule has 5 rings (SSSR count). The molecule has 0 unspecified atom stereocenters. The van der Waals surface area contributed by atoms with Crippen molar-refractivity contribution in [3.05, 3.63) is 59.2 Å². The van der Waals surface area contributed by atoms with Crippen molar-refractivity contribution in [1.82, 2.24) is 19.4 Å². The number of nitrogens with one attached hydrogen (secondary N) is 1. The van der Waals surface area contributed by atoms with Crippen molar-refractivity contribution in [2.24, 2.45) is 5.92 Å². The smallest absolute Gasteiger partial charge is 0.329 e. The van der Waals surface area contributed by atoms with E-state index in [-0.39, 0.29) is 25.2 Å². The number of aliphatic carboxylic acids is 1. The summed E-state index contributed by atoms with van der Waals surface area (Å²) in [5.74, 6) is -0.183. The molecule has 10 heteroatoms. The summed E-state index contributed by atoms with van der Waals surface area (Å²) >= 11 is 0. The summed E-state index contributed by atoms with van der Waals surface area (Å²) in [6.07, 6.45) is 3.80. The molecule has 2 aliphatic rings. The van der Waals surface area contributed by atoms with Crippen LogP contribution in [-0.4, -0.2) is 94.0 Å². The van der Waals surface area contributed by atoms with Gasteiger partial charge in [0.25, 0.3) is 5.91 Å². The number of benzene rings is 2. The Morgan fingerprint density at radius 3 is 2.49 bits per heavy atom. The van der Waals surface area contributed by atoms with E-state index < -0.39 is 5.97 Å². The number of ether oxygens (including phenoxy) is 1. The zero-order valence-corrected chi connectivity index (χ0v) is 23.8. The molecule has 1 amide bonds. The van der Waals surface area contributed by atoms with Crippen LogP contribution in [0.1, 0.15) is 53.2 Å². The third kappa shape index (κ3) is 7.51. The first kappa shape index (κ1) is 29.2. The number of rotatable bonds is 11. The zero-order valence-electron chi connectivity index (χ0n) is 23.8. The van der Waals surface area contributed by atoms with E-state index in [0.717, 1.165) is 81.5 Å². The quantitative estimate of drug-likeness (QED) is 0.303. The number of fused-ring (bicyclic) bond motifs is 1. The number of carbonyl (C=O) groups excluding carboxylic acids is 1. The molecule has 3 aromatic rings. The van der Waals surface area contributed by atoms with Crippen molar-refractivity contribution in [2.75, 3.05) is 57.9 Å². The Morgan fingerprint density at radius 2 is 1.78 bits per heavy atom. The second kappa shape index (κ2) is 13.6. The Morgan fingerprint density at radius 1 is 1.02 bits per heavy atom. The molecule has 3 N–H and O–H groups in total. The van der Waals surface area contributed by atoms with Gasteiger partial charge in [-0.15, -0.1) is 0 Å². The largest absolute Gasteiger partial charge is 0.480 e. The Bertz CT molecular complexity index is 1340. The number of nitrogens with zero attached hydrogens (tertiary/aromatic N) is 4. The van der Waals surface area contributed by atoms with Gasteiger partial charge in [-0.2, -0.15) is 0 Å². The SMILES string of the molecule is Cc1cccc(C(=O)Nc2nc3cc(CN4CCN(CCOCC(=O)O)CC4)ccc3n2C2CCC(CO)CC2)c1. The van der Waals surface area contributed by atoms with Crippen LogP contribution in [0.3, 0.4) is 0 Å². The van der Waals surface area contributed by atoms with Crippen LogP contribution in [0, 0.1) is 12.8 Å². The number of hydrogen-bond acceptors (Lipinski definition) is 7. The van der Waals surface area contributed by atoms with Crippen molar-refractivity contribution >= 4 is 28.9 Å². The molecule has 2 aromatic carbocycles. The van der Waals surface area contributed by atoms with Crippen LogP contribution in [0.4, 0.5) is 5.95 Å². The molecule has 2 fully saturated rings. The van der Waals surface area contributed by atoms with Gasteiger partial charge in [0.05, 0.1) is 17.6 Å². The van der Waals surface area contributed by atoms with Gasteiger partial charge in [0.2, 0.25) is 5.95 Å². The van der Waals surface area contributed by atoms with E-state index in [2.05, 4.69) is 37.9 Å². The van der Waals surface area contributed by atoms with E-state index in [1.54, 1.807) is 0 Å². The van der Waals surface area contributed by atoms with E-state index in [4.69, 9.17) is 14.8 Å². The molecule has 0 bridgehead atoms. The fourth-order valence-corrected chi connectivity index (χ4v) is 6.03. The average Bonchev–Trinajstić information content (AvgIpc) is 3.33. The number of piperazine rings is 1. The summed E-state index contributed by atoms with van der Waals surface area (Å²) in [7, 11) is 0. The summed E-state index contributed by atoms with van der Waals surface area (Å²) in [5.41, 5.74) is 4.72. The maximum Gasteiger partial charge on any atom is 0.329 e. The number of amides is 1. The maximum atomic E-state index is 13.2. The number of hydrogen-bond donors (Lipinski definition) is 3. The number of imidazole rings is 1.